The fourth-order valence-corrected chi connectivity index (χ4v) is 2.11. The van der Waals surface area contributed by atoms with Crippen molar-refractivity contribution in [3.05, 3.63) is 0 Å². The highest BCUT2D eigenvalue weighted by Gasteiger charge is 2.35. The second-order valence-electron chi connectivity index (χ2n) is 5.03. The summed E-state index contributed by atoms with van der Waals surface area (Å²) in [5, 5.41) is 11.8. The zero-order chi connectivity index (χ0) is 11.5. The Morgan fingerprint density at radius 1 is 1.60 bits per heavy atom. The van der Waals surface area contributed by atoms with Crippen LogP contribution in [0.2, 0.25) is 0 Å². The van der Waals surface area contributed by atoms with E-state index in [4.69, 9.17) is 5.11 Å². The molecule has 2 amide bonds. The molecule has 0 aromatic heterocycles. The average molecular weight is 214 g/mol. The van der Waals surface area contributed by atoms with Gasteiger partial charge in [0.2, 0.25) is 0 Å². The molecule has 1 atom stereocenters. The molecule has 1 rings (SSSR count). The van der Waals surface area contributed by atoms with E-state index in [1.54, 1.807) is 7.05 Å². The molecule has 1 aliphatic rings. The third kappa shape index (κ3) is 3.09. The zero-order valence-electron chi connectivity index (χ0n) is 9.92. The lowest BCUT2D eigenvalue weighted by molar-refractivity contribution is 0.178. The predicted molar refractivity (Wildman–Crippen MR) is 59.7 cm³/mol. The first-order chi connectivity index (χ1) is 6.97. The molecule has 1 fully saturated rings. The fourth-order valence-electron chi connectivity index (χ4n) is 2.11. The number of rotatable bonds is 3. The molecular weight excluding hydrogens is 192 g/mol. The summed E-state index contributed by atoms with van der Waals surface area (Å²) >= 11 is 0. The fraction of sp³-hybridized carbons (Fsp3) is 0.909. The Balaban J connectivity index is 2.44. The van der Waals surface area contributed by atoms with E-state index < -0.39 is 0 Å². The van der Waals surface area contributed by atoms with Gasteiger partial charge in [0.25, 0.3) is 0 Å². The van der Waals surface area contributed by atoms with Gasteiger partial charge in [-0.15, -0.1) is 0 Å². The molecule has 88 valence electrons. The van der Waals surface area contributed by atoms with E-state index in [9.17, 15) is 4.79 Å². The number of aliphatic hydroxyl groups excluding tert-OH is 1. The summed E-state index contributed by atoms with van der Waals surface area (Å²) in [6.07, 6.45) is 3.41. The van der Waals surface area contributed by atoms with Crippen LogP contribution in [0.15, 0.2) is 0 Å². The van der Waals surface area contributed by atoms with Gasteiger partial charge in [-0.3, -0.25) is 0 Å². The van der Waals surface area contributed by atoms with Gasteiger partial charge in [-0.05, 0) is 18.3 Å². The summed E-state index contributed by atoms with van der Waals surface area (Å²) in [4.78, 5) is 13.2. The minimum atomic E-state index is -0.0796. The minimum Gasteiger partial charge on any atom is -0.395 e. The standard InChI is InChI=1S/C11H22N2O2/c1-11(2)6-4-5-9(11)12-10(15)13(3)7-8-14/h9,14H,4-8H2,1-3H3,(H,12,15). The van der Waals surface area contributed by atoms with E-state index in [0.717, 1.165) is 6.42 Å². The van der Waals surface area contributed by atoms with Gasteiger partial charge < -0.3 is 15.3 Å². The number of likely N-dealkylation sites (N-methyl/N-ethyl adjacent to an activating group) is 1. The monoisotopic (exact) mass is 214 g/mol. The number of hydrogen-bond donors (Lipinski definition) is 2. The predicted octanol–water partition coefficient (Wildman–Crippen LogP) is 1.20. The lowest BCUT2D eigenvalue weighted by Gasteiger charge is -2.29. The Bertz CT molecular complexity index is 229. The molecule has 4 nitrogen and oxygen atoms in total. The number of urea groups is 1. The van der Waals surface area contributed by atoms with E-state index in [0.29, 0.717) is 6.54 Å². The molecule has 0 heterocycles. The second kappa shape index (κ2) is 4.84. The third-order valence-electron chi connectivity index (χ3n) is 3.34. The van der Waals surface area contributed by atoms with Crippen LogP contribution in [-0.4, -0.2) is 42.3 Å². The van der Waals surface area contributed by atoms with Crippen LogP contribution in [-0.2, 0) is 0 Å². The summed E-state index contributed by atoms with van der Waals surface area (Å²) in [7, 11) is 1.70. The molecule has 1 aliphatic carbocycles. The number of hydrogen-bond acceptors (Lipinski definition) is 2. The maximum atomic E-state index is 11.7. The number of carbonyl (C=O) groups is 1. The first kappa shape index (κ1) is 12.3. The molecule has 0 spiro atoms. The highest BCUT2D eigenvalue weighted by molar-refractivity contribution is 5.74. The Hall–Kier alpha value is -0.770. The van der Waals surface area contributed by atoms with Crippen molar-refractivity contribution < 1.29 is 9.90 Å². The van der Waals surface area contributed by atoms with Gasteiger partial charge in [0.1, 0.15) is 0 Å². The molecule has 0 saturated heterocycles. The quantitative estimate of drug-likeness (QED) is 0.741. The first-order valence-corrected chi connectivity index (χ1v) is 5.60. The van der Waals surface area contributed by atoms with Crippen molar-refractivity contribution in [1.29, 1.82) is 0 Å². The summed E-state index contributed by atoms with van der Waals surface area (Å²) in [6.45, 7) is 4.78. The molecule has 0 aliphatic heterocycles. The van der Waals surface area contributed by atoms with E-state index in [2.05, 4.69) is 19.2 Å². The highest BCUT2D eigenvalue weighted by atomic mass is 16.3. The Morgan fingerprint density at radius 3 is 2.73 bits per heavy atom. The molecule has 1 saturated carbocycles. The smallest absolute Gasteiger partial charge is 0.317 e. The second-order valence-corrected chi connectivity index (χ2v) is 5.03. The first-order valence-electron chi connectivity index (χ1n) is 5.60. The van der Waals surface area contributed by atoms with Crippen molar-refractivity contribution in [3.63, 3.8) is 0 Å². The topological polar surface area (TPSA) is 52.6 Å². The maximum absolute atomic E-state index is 11.7. The molecule has 4 heteroatoms. The van der Waals surface area contributed by atoms with Crippen molar-refractivity contribution in [2.45, 2.75) is 39.2 Å². The highest BCUT2D eigenvalue weighted by Crippen LogP contribution is 2.37. The number of aliphatic hydroxyl groups is 1. The zero-order valence-corrected chi connectivity index (χ0v) is 9.92. The van der Waals surface area contributed by atoms with Crippen molar-refractivity contribution in [1.82, 2.24) is 10.2 Å². The Labute approximate surface area is 91.6 Å². The SMILES string of the molecule is CN(CCO)C(=O)NC1CCCC1(C)C. The molecule has 15 heavy (non-hydrogen) atoms. The van der Waals surface area contributed by atoms with Gasteiger partial charge in [0.15, 0.2) is 0 Å². The van der Waals surface area contributed by atoms with E-state index >= 15 is 0 Å². The van der Waals surface area contributed by atoms with E-state index in [-0.39, 0.29) is 24.1 Å². The largest absolute Gasteiger partial charge is 0.395 e. The van der Waals surface area contributed by atoms with Crippen LogP contribution in [0.5, 0.6) is 0 Å². The lowest BCUT2D eigenvalue weighted by Crippen LogP contribution is -2.47. The van der Waals surface area contributed by atoms with Gasteiger partial charge in [0.05, 0.1) is 6.61 Å². The number of carbonyl (C=O) groups excluding carboxylic acids is 1. The number of amides is 2. The molecule has 0 aromatic rings. The summed E-state index contributed by atoms with van der Waals surface area (Å²) in [5.41, 5.74) is 0.204. The van der Waals surface area contributed by atoms with Crippen molar-refractivity contribution in [2.75, 3.05) is 20.2 Å². The lowest BCUT2D eigenvalue weighted by atomic mass is 9.87. The van der Waals surface area contributed by atoms with Gasteiger partial charge in [-0.25, -0.2) is 4.79 Å². The van der Waals surface area contributed by atoms with E-state index in [1.807, 2.05) is 0 Å². The molecule has 0 radical (unpaired) electrons. The van der Waals surface area contributed by atoms with Crippen LogP contribution in [0.4, 0.5) is 4.79 Å². The minimum absolute atomic E-state index is 0.0119. The Morgan fingerprint density at radius 2 is 2.27 bits per heavy atom. The normalized spacial score (nSPS) is 23.9. The van der Waals surface area contributed by atoms with Gasteiger partial charge in [-0.1, -0.05) is 20.3 Å². The molecular formula is C11H22N2O2. The summed E-state index contributed by atoms with van der Waals surface area (Å²) < 4.78 is 0. The van der Waals surface area contributed by atoms with Crippen molar-refractivity contribution in [3.8, 4) is 0 Å². The van der Waals surface area contributed by atoms with Crippen LogP contribution >= 0.6 is 0 Å². The Kier molecular flexibility index (Phi) is 3.97. The van der Waals surface area contributed by atoms with E-state index in [1.165, 1.54) is 17.7 Å². The summed E-state index contributed by atoms with van der Waals surface area (Å²) in [5.74, 6) is 0. The molecule has 0 bridgehead atoms. The van der Waals surface area contributed by atoms with Crippen LogP contribution in [0, 0.1) is 5.41 Å². The van der Waals surface area contributed by atoms with Crippen molar-refractivity contribution in [2.24, 2.45) is 5.41 Å². The van der Waals surface area contributed by atoms with Gasteiger partial charge in [0, 0.05) is 19.6 Å². The van der Waals surface area contributed by atoms with Crippen LogP contribution < -0.4 is 5.32 Å². The van der Waals surface area contributed by atoms with Crippen LogP contribution in [0.1, 0.15) is 33.1 Å². The summed E-state index contributed by atoms with van der Waals surface area (Å²) in [6, 6.07) is 0.190. The average Bonchev–Trinajstić information content (AvgIpc) is 2.46. The molecule has 0 aromatic carbocycles. The van der Waals surface area contributed by atoms with Gasteiger partial charge >= 0.3 is 6.03 Å². The van der Waals surface area contributed by atoms with Gasteiger partial charge in [-0.2, -0.15) is 0 Å². The maximum Gasteiger partial charge on any atom is 0.317 e. The molecule has 2 N–H and O–H groups in total. The number of nitrogens with zero attached hydrogens (tertiary/aromatic N) is 1. The van der Waals surface area contributed by atoms with Crippen LogP contribution in [0.3, 0.4) is 0 Å². The van der Waals surface area contributed by atoms with Crippen LogP contribution in [0.25, 0.3) is 0 Å². The molecule has 1 unspecified atom stereocenters. The third-order valence-corrected chi connectivity index (χ3v) is 3.34. The number of nitrogens with one attached hydrogen (secondary N) is 1. The van der Waals surface area contributed by atoms with Crippen molar-refractivity contribution >= 4 is 6.03 Å².